The predicted molar refractivity (Wildman–Crippen MR) is 84.2 cm³/mol. The first-order chi connectivity index (χ1) is 11.2. The van der Waals surface area contributed by atoms with Crippen LogP contribution in [0.5, 0.6) is 5.75 Å². The zero-order chi connectivity index (χ0) is 16.2. The number of carbonyl (C=O) groups is 1. The highest BCUT2D eigenvalue weighted by molar-refractivity contribution is 5.65. The van der Waals surface area contributed by atoms with Gasteiger partial charge in [-0.25, -0.2) is 4.79 Å². The number of hydrogen-bond donors (Lipinski definition) is 2. The van der Waals surface area contributed by atoms with Crippen LogP contribution in [0.2, 0.25) is 0 Å². The topological polar surface area (TPSA) is 82.3 Å². The molecule has 0 aliphatic heterocycles. The first-order valence-corrected chi connectivity index (χ1v) is 7.37. The molecule has 5 heteroatoms. The maximum Gasteiger partial charge on any atom is 0.404 e. The summed E-state index contributed by atoms with van der Waals surface area (Å²) in [6.45, 7) is 0.442. The summed E-state index contributed by atoms with van der Waals surface area (Å²) in [6.07, 6.45) is -0.127. The van der Waals surface area contributed by atoms with Gasteiger partial charge in [0.25, 0.3) is 0 Å². The number of nitrogens with one attached hydrogen (secondary N) is 1. The lowest BCUT2D eigenvalue weighted by Crippen LogP contribution is -2.24. The van der Waals surface area contributed by atoms with Gasteiger partial charge in [-0.1, -0.05) is 24.3 Å². The van der Waals surface area contributed by atoms with Crippen molar-refractivity contribution >= 4 is 6.09 Å². The Labute approximate surface area is 134 Å². The molecule has 1 fully saturated rings. The van der Waals surface area contributed by atoms with Gasteiger partial charge in [0.2, 0.25) is 0 Å². The van der Waals surface area contributed by atoms with Crippen LogP contribution in [0.25, 0.3) is 0 Å². The van der Waals surface area contributed by atoms with Crippen LogP contribution >= 0.6 is 0 Å². The quantitative estimate of drug-likeness (QED) is 0.888. The lowest BCUT2D eigenvalue weighted by atomic mass is 10.1. The Bertz CT molecular complexity index is 732. The van der Waals surface area contributed by atoms with Gasteiger partial charge in [-0.2, -0.15) is 5.26 Å². The summed E-state index contributed by atoms with van der Waals surface area (Å²) in [7, 11) is 0. The summed E-state index contributed by atoms with van der Waals surface area (Å²) < 4.78 is 5.72. The van der Waals surface area contributed by atoms with Crippen LogP contribution in [0, 0.1) is 11.3 Å². The Morgan fingerprint density at radius 3 is 2.52 bits per heavy atom. The van der Waals surface area contributed by atoms with E-state index in [4.69, 9.17) is 15.1 Å². The fourth-order valence-electron chi connectivity index (χ4n) is 2.53. The minimum Gasteiger partial charge on any atom is -0.489 e. The van der Waals surface area contributed by atoms with Gasteiger partial charge in [-0.3, -0.25) is 0 Å². The van der Waals surface area contributed by atoms with Crippen molar-refractivity contribution < 1.29 is 14.6 Å². The van der Waals surface area contributed by atoms with Gasteiger partial charge in [0.1, 0.15) is 12.4 Å². The van der Waals surface area contributed by atoms with E-state index < -0.39 is 6.09 Å². The summed E-state index contributed by atoms with van der Waals surface area (Å²) in [5, 5.41) is 20.0. The summed E-state index contributed by atoms with van der Waals surface area (Å²) in [4.78, 5) is 10.6. The van der Waals surface area contributed by atoms with Crippen molar-refractivity contribution in [3.63, 3.8) is 0 Å². The van der Waals surface area contributed by atoms with E-state index in [1.807, 2.05) is 36.4 Å². The first kappa shape index (κ1) is 14.9. The molecule has 0 radical (unpaired) electrons. The molecule has 116 valence electrons. The van der Waals surface area contributed by atoms with E-state index in [2.05, 4.69) is 11.4 Å². The Hall–Kier alpha value is -3.00. The maximum atomic E-state index is 10.6. The third-order valence-corrected chi connectivity index (χ3v) is 3.90. The van der Waals surface area contributed by atoms with Crippen LogP contribution in [-0.4, -0.2) is 17.2 Å². The number of benzene rings is 2. The van der Waals surface area contributed by atoms with Gasteiger partial charge in [0.15, 0.2) is 0 Å². The molecule has 1 aliphatic carbocycles. The van der Waals surface area contributed by atoms with Crippen molar-refractivity contribution in [1.29, 1.82) is 5.26 Å². The van der Waals surface area contributed by atoms with Crippen LogP contribution in [-0.2, 0) is 6.61 Å². The lowest BCUT2D eigenvalue weighted by molar-refractivity contribution is 0.193. The fraction of sp³-hybridized carbons (Fsp3) is 0.222. The van der Waals surface area contributed by atoms with Gasteiger partial charge in [0, 0.05) is 12.0 Å². The number of nitrogens with zero attached hydrogens (tertiary/aromatic N) is 1. The molecule has 5 nitrogen and oxygen atoms in total. The van der Waals surface area contributed by atoms with Crippen LogP contribution in [0.4, 0.5) is 4.79 Å². The van der Waals surface area contributed by atoms with Gasteiger partial charge in [-0.15, -0.1) is 0 Å². The van der Waals surface area contributed by atoms with E-state index in [-0.39, 0.29) is 12.0 Å². The van der Waals surface area contributed by atoms with Crippen molar-refractivity contribution in [2.24, 2.45) is 0 Å². The molecule has 0 aromatic heterocycles. The Kier molecular flexibility index (Phi) is 4.15. The van der Waals surface area contributed by atoms with Crippen molar-refractivity contribution in [2.45, 2.75) is 25.0 Å². The molecule has 1 amide bonds. The van der Waals surface area contributed by atoms with Crippen LogP contribution < -0.4 is 10.1 Å². The molecule has 1 aliphatic rings. The van der Waals surface area contributed by atoms with E-state index in [9.17, 15) is 4.79 Å². The van der Waals surface area contributed by atoms with Gasteiger partial charge in [-0.05, 0) is 41.8 Å². The van der Waals surface area contributed by atoms with Crippen LogP contribution in [0.1, 0.15) is 29.0 Å². The van der Waals surface area contributed by atoms with Gasteiger partial charge >= 0.3 is 6.09 Å². The zero-order valence-electron chi connectivity index (χ0n) is 12.4. The highest BCUT2D eigenvalue weighted by Crippen LogP contribution is 2.41. The van der Waals surface area contributed by atoms with Crippen LogP contribution in [0.3, 0.4) is 0 Å². The molecular formula is C18H16N2O3. The second-order valence-electron chi connectivity index (χ2n) is 5.56. The molecule has 0 heterocycles. The summed E-state index contributed by atoms with van der Waals surface area (Å²) in [5.41, 5.74) is 2.75. The highest BCUT2D eigenvalue weighted by Gasteiger charge is 2.39. The maximum absolute atomic E-state index is 10.6. The Morgan fingerprint density at radius 1 is 1.22 bits per heavy atom. The minimum absolute atomic E-state index is 0.0258. The van der Waals surface area contributed by atoms with Crippen molar-refractivity contribution in [3.05, 3.63) is 65.2 Å². The van der Waals surface area contributed by atoms with Crippen molar-refractivity contribution in [2.75, 3.05) is 0 Å². The predicted octanol–water partition coefficient (Wildman–Crippen LogP) is 3.26. The molecular weight excluding hydrogens is 292 g/mol. The van der Waals surface area contributed by atoms with Gasteiger partial charge < -0.3 is 15.2 Å². The standard InChI is InChI=1S/C18H16N2O3/c19-10-12-1-3-13(4-2-12)11-23-15-7-5-14(6-8-15)16-9-17(16)20-18(21)22/h1-8,16-17,20H,9,11H2,(H,21,22). The van der Waals surface area contributed by atoms with Gasteiger partial charge in [0.05, 0.1) is 11.6 Å². The van der Waals surface area contributed by atoms with Crippen molar-refractivity contribution in [3.8, 4) is 11.8 Å². The molecule has 2 aromatic rings. The highest BCUT2D eigenvalue weighted by atomic mass is 16.5. The molecule has 0 spiro atoms. The number of ether oxygens (including phenoxy) is 1. The van der Waals surface area contributed by atoms with Crippen LogP contribution in [0.15, 0.2) is 48.5 Å². The molecule has 2 unspecified atom stereocenters. The lowest BCUT2D eigenvalue weighted by Gasteiger charge is -2.07. The minimum atomic E-state index is -0.972. The summed E-state index contributed by atoms with van der Waals surface area (Å²) in [6, 6.07) is 17.1. The molecule has 0 saturated heterocycles. The Morgan fingerprint density at radius 2 is 1.91 bits per heavy atom. The summed E-state index contributed by atoms with van der Waals surface area (Å²) >= 11 is 0. The first-order valence-electron chi connectivity index (χ1n) is 7.37. The largest absolute Gasteiger partial charge is 0.489 e. The number of rotatable bonds is 5. The number of nitriles is 1. The monoisotopic (exact) mass is 308 g/mol. The molecule has 0 bridgehead atoms. The van der Waals surface area contributed by atoms with E-state index in [0.717, 1.165) is 23.3 Å². The van der Waals surface area contributed by atoms with E-state index in [1.165, 1.54) is 0 Å². The third kappa shape index (κ3) is 3.80. The number of amides is 1. The fourth-order valence-corrected chi connectivity index (χ4v) is 2.53. The molecule has 23 heavy (non-hydrogen) atoms. The molecule has 2 N–H and O–H groups in total. The third-order valence-electron chi connectivity index (χ3n) is 3.90. The van der Waals surface area contributed by atoms with E-state index in [0.29, 0.717) is 12.2 Å². The molecule has 1 saturated carbocycles. The zero-order valence-corrected chi connectivity index (χ0v) is 12.4. The number of carboxylic acid groups (broad SMARTS) is 1. The molecule has 2 atom stereocenters. The van der Waals surface area contributed by atoms with Crippen molar-refractivity contribution in [1.82, 2.24) is 5.32 Å². The summed E-state index contributed by atoms with van der Waals surface area (Å²) in [5.74, 6) is 1.03. The molecule has 2 aromatic carbocycles. The SMILES string of the molecule is N#Cc1ccc(COc2ccc(C3CC3NC(=O)O)cc2)cc1. The normalized spacial score (nSPS) is 18.7. The Balaban J connectivity index is 1.54. The number of hydrogen-bond acceptors (Lipinski definition) is 3. The van der Waals surface area contributed by atoms with E-state index in [1.54, 1.807) is 12.1 Å². The average molecular weight is 308 g/mol. The van der Waals surface area contributed by atoms with E-state index >= 15 is 0 Å². The second kappa shape index (κ2) is 6.41. The smallest absolute Gasteiger partial charge is 0.404 e. The second-order valence-corrected chi connectivity index (χ2v) is 5.56. The molecule has 3 rings (SSSR count). The average Bonchev–Trinajstić information content (AvgIpc) is 3.32.